The van der Waals surface area contributed by atoms with Crippen LogP contribution in [-0.4, -0.2) is 14.2 Å². The van der Waals surface area contributed by atoms with Gasteiger partial charge < -0.3 is 9.47 Å². The van der Waals surface area contributed by atoms with Gasteiger partial charge in [-0.1, -0.05) is 62.4 Å². The van der Waals surface area contributed by atoms with Gasteiger partial charge in [0, 0.05) is 19.6 Å². The van der Waals surface area contributed by atoms with Crippen molar-refractivity contribution < 1.29 is 9.47 Å². The maximum Gasteiger partial charge on any atom is 0.0713 e. The molecule has 112 valence electrons. The molecule has 0 spiro atoms. The zero-order valence-electron chi connectivity index (χ0n) is 13.3. The van der Waals surface area contributed by atoms with Gasteiger partial charge in [-0.2, -0.15) is 0 Å². The number of hydrogen-bond acceptors (Lipinski definition) is 2. The van der Waals surface area contributed by atoms with E-state index in [4.69, 9.17) is 9.47 Å². The van der Waals surface area contributed by atoms with Crippen molar-refractivity contribution in [3.8, 4) is 0 Å². The molecule has 0 atom stereocenters. The molecule has 0 unspecified atom stereocenters. The highest BCUT2D eigenvalue weighted by Gasteiger charge is 2.23. The fourth-order valence-electron chi connectivity index (χ4n) is 2.57. The van der Waals surface area contributed by atoms with Gasteiger partial charge in [0.2, 0.25) is 0 Å². The molecule has 0 bridgehead atoms. The Morgan fingerprint density at radius 1 is 0.762 bits per heavy atom. The second kappa shape index (κ2) is 6.88. The van der Waals surface area contributed by atoms with Crippen molar-refractivity contribution in [2.24, 2.45) is 0 Å². The van der Waals surface area contributed by atoms with Crippen LogP contribution in [-0.2, 0) is 28.1 Å². The SMILES string of the molecule is COCc1ccc(C(C)(C)c2cccc(COC)c2)cc1. The van der Waals surface area contributed by atoms with E-state index in [9.17, 15) is 0 Å². The van der Waals surface area contributed by atoms with Crippen LogP contribution in [0.15, 0.2) is 48.5 Å². The molecule has 0 radical (unpaired) electrons. The van der Waals surface area contributed by atoms with Gasteiger partial charge in [0.05, 0.1) is 13.2 Å². The van der Waals surface area contributed by atoms with Crippen molar-refractivity contribution in [3.63, 3.8) is 0 Å². The summed E-state index contributed by atoms with van der Waals surface area (Å²) in [4.78, 5) is 0. The molecule has 0 N–H and O–H groups in total. The summed E-state index contributed by atoms with van der Waals surface area (Å²) in [6.45, 7) is 5.81. The van der Waals surface area contributed by atoms with Crippen molar-refractivity contribution in [2.75, 3.05) is 14.2 Å². The molecule has 0 aliphatic carbocycles. The Morgan fingerprint density at radius 2 is 1.38 bits per heavy atom. The van der Waals surface area contributed by atoms with E-state index >= 15 is 0 Å². The minimum absolute atomic E-state index is 0.0324. The first-order valence-electron chi connectivity index (χ1n) is 7.24. The molecule has 0 aromatic heterocycles. The summed E-state index contributed by atoms with van der Waals surface area (Å²) in [6.07, 6.45) is 0. The normalized spacial score (nSPS) is 11.6. The molecule has 0 aliphatic heterocycles. The quantitative estimate of drug-likeness (QED) is 0.787. The van der Waals surface area contributed by atoms with E-state index in [1.54, 1.807) is 14.2 Å². The summed E-state index contributed by atoms with van der Waals surface area (Å²) in [5.74, 6) is 0. The van der Waals surface area contributed by atoms with Crippen LogP contribution >= 0.6 is 0 Å². The van der Waals surface area contributed by atoms with E-state index in [0.29, 0.717) is 13.2 Å². The highest BCUT2D eigenvalue weighted by atomic mass is 16.5. The fraction of sp³-hybridized carbons (Fsp3) is 0.368. The van der Waals surface area contributed by atoms with Crippen molar-refractivity contribution in [3.05, 3.63) is 70.8 Å². The van der Waals surface area contributed by atoms with Crippen molar-refractivity contribution >= 4 is 0 Å². The summed E-state index contributed by atoms with van der Waals surface area (Å²) in [6, 6.07) is 17.3. The first-order valence-corrected chi connectivity index (χ1v) is 7.24. The average Bonchev–Trinajstić information content (AvgIpc) is 2.49. The smallest absolute Gasteiger partial charge is 0.0713 e. The van der Waals surface area contributed by atoms with Crippen molar-refractivity contribution in [1.29, 1.82) is 0 Å². The number of ether oxygens (including phenoxy) is 2. The number of hydrogen-bond donors (Lipinski definition) is 0. The predicted molar refractivity (Wildman–Crippen MR) is 86.4 cm³/mol. The molecule has 0 heterocycles. The second-order valence-electron chi connectivity index (χ2n) is 5.89. The standard InChI is InChI=1S/C19H24O2/c1-19(2,17-10-8-15(9-11-17)13-20-3)18-7-5-6-16(12-18)14-21-4/h5-12H,13-14H2,1-4H3. The Morgan fingerprint density at radius 3 is 2.00 bits per heavy atom. The third kappa shape index (κ3) is 3.72. The molecule has 0 aliphatic rings. The summed E-state index contributed by atoms with van der Waals surface area (Å²) in [5, 5.41) is 0. The Labute approximate surface area is 127 Å². The van der Waals surface area contributed by atoms with Crippen LogP contribution in [0, 0.1) is 0 Å². The molecule has 2 nitrogen and oxygen atoms in total. The average molecular weight is 284 g/mol. The highest BCUT2D eigenvalue weighted by Crippen LogP contribution is 2.32. The van der Waals surface area contributed by atoms with Crippen LogP contribution in [0.1, 0.15) is 36.1 Å². The first-order chi connectivity index (χ1) is 10.1. The lowest BCUT2D eigenvalue weighted by Gasteiger charge is -2.27. The van der Waals surface area contributed by atoms with Gasteiger partial charge >= 0.3 is 0 Å². The predicted octanol–water partition coefficient (Wildman–Crippen LogP) is 4.31. The largest absolute Gasteiger partial charge is 0.380 e. The molecule has 0 amide bonds. The van der Waals surface area contributed by atoms with E-state index in [1.807, 2.05) is 0 Å². The minimum Gasteiger partial charge on any atom is -0.380 e. The number of benzene rings is 2. The lowest BCUT2D eigenvalue weighted by molar-refractivity contribution is 0.184. The Bertz CT molecular complexity index is 570. The van der Waals surface area contributed by atoms with E-state index in [2.05, 4.69) is 62.4 Å². The third-order valence-electron chi connectivity index (χ3n) is 3.95. The van der Waals surface area contributed by atoms with E-state index in [0.717, 1.165) is 0 Å². The van der Waals surface area contributed by atoms with Gasteiger partial charge in [0.25, 0.3) is 0 Å². The lowest BCUT2D eigenvalue weighted by Crippen LogP contribution is -2.19. The Kier molecular flexibility index (Phi) is 5.16. The summed E-state index contributed by atoms with van der Waals surface area (Å²) in [7, 11) is 3.45. The van der Waals surface area contributed by atoms with Crippen molar-refractivity contribution in [1.82, 2.24) is 0 Å². The Balaban J connectivity index is 2.29. The number of rotatable bonds is 6. The van der Waals surface area contributed by atoms with Gasteiger partial charge in [-0.05, 0) is 22.3 Å². The molecule has 2 aromatic carbocycles. The van der Waals surface area contributed by atoms with Crippen LogP contribution in [0.2, 0.25) is 0 Å². The molecule has 21 heavy (non-hydrogen) atoms. The molecule has 2 heteroatoms. The van der Waals surface area contributed by atoms with Gasteiger partial charge in [-0.15, -0.1) is 0 Å². The van der Waals surface area contributed by atoms with E-state index in [1.165, 1.54) is 22.3 Å². The summed E-state index contributed by atoms with van der Waals surface area (Å²) < 4.78 is 10.4. The molecule has 0 fully saturated rings. The highest BCUT2D eigenvalue weighted by molar-refractivity contribution is 5.40. The van der Waals surface area contributed by atoms with Gasteiger partial charge in [0.1, 0.15) is 0 Å². The minimum atomic E-state index is -0.0324. The van der Waals surface area contributed by atoms with Gasteiger partial charge in [-0.25, -0.2) is 0 Å². The Hall–Kier alpha value is -1.64. The fourth-order valence-corrected chi connectivity index (χ4v) is 2.57. The lowest BCUT2D eigenvalue weighted by atomic mass is 9.77. The van der Waals surface area contributed by atoms with Crippen LogP contribution in [0.25, 0.3) is 0 Å². The molecule has 2 aromatic rings. The molecule has 0 saturated carbocycles. The van der Waals surface area contributed by atoms with Gasteiger partial charge in [-0.3, -0.25) is 0 Å². The van der Waals surface area contributed by atoms with Crippen LogP contribution < -0.4 is 0 Å². The monoisotopic (exact) mass is 284 g/mol. The summed E-state index contributed by atoms with van der Waals surface area (Å²) in [5.41, 5.74) is 4.98. The van der Waals surface area contributed by atoms with Crippen LogP contribution in [0.3, 0.4) is 0 Å². The van der Waals surface area contributed by atoms with E-state index in [-0.39, 0.29) is 5.41 Å². The maximum absolute atomic E-state index is 5.23. The van der Waals surface area contributed by atoms with E-state index < -0.39 is 0 Å². The van der Waals surface area contributed by atoms with Crippen LogP contribution in [0.5, 0.6) is 0 Å². The van der Waals surface area contributed by atoms with Crippen LogP contribution in [0.4, 0.5) is 0 Å². The zero-order valence-corrected chi connectivity index (χ0v) is 13.3. The first kappa shape index (κ1) is 15.7. The second-order valence-corrected chi connectivity index (χ2v) is 5.89. The molecule has 0 saturated heterocycles. The molecular formula is C19H24O2. The number of methoxy groups -OCH3 is 2. The molecule has 2 rings (SSSR count). The summed E-state index contributed by atoms with van der Waals surface area (Å²) >= 11 is 0. The van der Waals surface area contributed by atoms with Crippen molar-refractivity contribution in [2.45, 2.75) is 32.5 Å². The zero-order chi connectivity index (χ0) is 15.3. The molecular weight excluding hydrogens is 260 g/mol. The topological polar surface area (TPSA) is 18.5 Å². The third-order valence-corrected chi connectivity index (χ3v) is 3.95. The van der Waals surface area contributed by atoms with Gasteiger partial charge in [0.15, 0.2) is 0 Å². The maximum atomic E-state index is 5.23.